The molecule has 21 heavy (non-hydrogen) atoms. The number of hydrogen-bond acceptors (Lipinski definition) is 5. The lowest BCUT2D eigenvalue weighted by atomic mass is 10.00. The number of benzene rings is 1. The molecule has 1 aliphatic carbocycles. The normalized spacial score (nSPS) is 28.9. The number of rotatable bonds is 4. The first-order valence-corrected chi connectivity index (χ1v) is 8.31. The van der Waals surface area contributed by atoms with Gasteiger partial charge in [0.05, 0.1) is 4.92 Å². The number of para-hydroxylation sites is 1. The molecule has 0 aromatic heterocycles. The van der Waals surface area contributed by atoms with E-state index < -0.39 is 20.5 Å². The zero-order chi connectivity index (χ0) is 15.3. The lowest BCUT2D eigenvalue weighted by Crippen LogP contribution is -2.52. The Balaban J connectivity index is 2.08. The summed E-state index contributed by atoms with van der Waals surface area (Å²) in [6.45, 7) is 0.662. The van der Waals surface area contributed by atoms with Crippen LogP contribution in [0.2, 0.25) is 0 Å². The maximum atomic E-state index is 12.9. The van der Waals surface area contributed by atoms with Crippen molar-refractivity contribution in [3.8, 4) is 0 Å². The van der Waals surface area contributed by atoms with E-state index in [0.717, 1.165) is 19.3 Å². The Kier molecular flexibility index (Phi) is 3.27. The molecule has 1 aromatic carbocycles. The molecule has 3 rings (SSSR count). The monoisotopic (exact) mass is 311 g/mol. The number of hydrogen-bond donors (Lipinski definition) is 1. The number of piperidine rings is 1. The van der Waals surface area contributed by atoms with E-state index in [1.54, 1.807) is 0 Å². The second kappa shape index (κ2) is 4.75. The fraction of sp³-hybridized carbons (Fsp3) is 0.538. The smallest absolute Gasteiger partial charge is 0.289 e. The number of nitrogens with zero attached hydrogens (tertiary/aromatic N) is 2. The first kappa shape index (κ1) is 14.4. The van der Waals surface area contributed by atoms with E-state index in [9.17, 15) is 18.5 Å². The molecule has 2 bridgehead atoms. The van der Waals surface area contributed by atoms with Gasteiger partial charge < -0.3 is 5.73 Å². The Morgan fingerprint density at radius 2 is 2.14 bits per heavy atom. The molecule has 0 spiro atoms. The summed E-state index contributed by atoms with van der Waals surface area (Å²) >= 11 is 0. The van der Waals surface area contributed by atoms with Crippen LogP contribution in [0.4, 0.5) is 5.69 Å². The van der Waals surface area contributed by atoms with E-state index in [4.69, 9.17) is 5.73 Å². The van der Waals surface area contributed by atoms with Gasteiger partial charge in [-0.15, -0.1) is 0 Å². The van der Waals surface area contributed by atoms with Gasteiger partial charge in [-0.25, -0.2) is 8.42 Å². The third kappa shape index (κ3) is 2.05. The van der Waals surface area contributed by atoms with Crippen LogP contribution in [0.1, 0.15) is 19.3 Å². The van der Waals surface area contributed by atoms with Crippen molar-refractivity contribution in [1.29, 1.82) is 0 Å². The van der Waals surface area contributed by atoms with Crippen molar-refractivity contribution in [2.75, 3.05) is 13.1 Å². The first-order valence-electron chi connectivity index (χ1n) is 6.87. The minimum atomic E-state index is -3.90. The molecule has 1 saturated heterocycles. The summed E-state index contributed by atoms with van der Waals surface area (Å²) in [5.41, 5.74) is 4.88. The summed E-state index contributed by atoms with van der Waals surface area (Å²) < 4.78 is 27.2. The van der Waals surface area contributed by atoms with E-state index in [2.05, 4.69) is 0 Å². The molecule has 2 fully saturated rings. The van der Waals surface area contributed by atoms with Gasteiger partial charge in [0, 0.05) is 24.7 Å². The number of sulfonamides is 1. The second-order valence-corrected chi connectivity index (χ2v) is 7.63. The molecule has 7 nitrogen and oxygen atoms in total. The van der Waals surface area contributed by atoms with Gasteiger partial charge in [-0.2, -0.15) is 4.31 Å². The predicted molar refractivity (Wildman–Crippen MR) is 76.1 cm³/mol. The van der Waals surface area contributed by atoms with Crippen LogP contribution in [0.25, 0.3) is 0 Å². The SMILES string of the molecule is NCC12CCC(CN1S(=O)(=O)c1ccccc1[N+](=O)[O-])C2. The highest BCUT2D eigenvalue weighted by molar-refractivity contribution is 7.89. The van der Waals surface area contributed by atoms with Crippen LogP contribution >= 0.6 is 0 Å². The summed E-state index contributed by atoms with van der Waals surface area (Å²) in [5, 5.41) is 11.1. The fourth-order valence-corrected chi connectivity index (χ4v) is 5.66. The molecule has 0 amide bonds. The maximum Gasteiger partial charge on any atom is 0.289 e. The molecule has 0 radical (unpaired) electrons. The van der Waals surface area contributed by atoms with Crippen molar-refractivity contribution >= 4 is 15.7 Å². The Bertz CT molecular complexity index is 690. The third-order valence-corrected chi connectivity index (χ3v) is 6.67. The Morgan fingerprint density at radius 3 is 2.76 bits per heavy atom. The zero-order valence-electron chi connectivity index (χ0n) is 11.4. The molecule has 1 heterocycles. The summed E-state index contributed by atoms with van der Waals surface area (Å²) in [5.74, 6) is 0.311. The molecule has 2 aliphatic rings. The van der Waals surface area contributed by atoms with E-state index in [0.29, 0.717) is 12.5 Å². The molecule has 114 valence electrons. The van der Waals surface area contributed by atoms with Crippen LogP contribution in [-0.4, -0.2) is 36.3 Å². The lowest BCUT2D eigenvalue weighted by Gasteiger charge is -2.36. The van der Waals surface area contributed by atoms with E-state index >= 15 is 0 Å². The molecule has 1 saturated carbocycles. The van der Waals surface area contributed by atoms with Gasteiger partial charge in [-0.3, -0.25) is 10.1 Å². The zero-order valence-corrected chi connectivity index (χ0v) is 12.3. The highest BCUT2D eigenvalue weighted by Crippen LogP contribution is 2.48. The molecule has 1 aromatic rings. The lowest BCUT2D eigenvalue weighted by molar-refractivity contribution is -0.387. The van der Waals surface area contributed by atoms with Crippen molar-refractivity contribution in [2.45, 2.75) is 29.7 Å². The second-order valence-electron chi connectivity index (χ2n) is 5.80. The van der Waals surface area contributed by atoms with Gasteiger partial charge in [0.15, 0.2) is 4.90 Å². The number of nitro groups is 1. The molecule has 2 N–H and O–H groups in total. The van der Waals surface area contributed by atoms with Crippen molar-refractivity contribution in [3.05, 3.63) is 34.4 Å². The van der Waals surface area contributed by atoms with Gasteiger partial charge in [0.25, 0.3) is 5.69 Å². The van der Waals surface area contributed by atoms with Crippen molar-refractivity contribution in [2.24, 2.45) is 11.7 Å². The highest BCUT2D eigenvalue weighted by Gasteiger charge is 2.55. The Hall–Kier alpha value is -1.51. The van der Waals surface area contributed by atoms with Crippen LogP contribution in [0.3, 0.4) is 0 Å². The van der Waals surface area contributed by atoms with Gasteiger partial charge in [0.1, 0.15) is 0 Å². The van der Waals surface area contributed by atoms with Crippen LogP contribution in [0.5, 0.6) is 0 Å². The van der Waals surface area contributed by atoms with Crippen LogP contribution in [0.15, 0.2) is 29.2 Å². The average Bonchev–Trinajstić information content (AvgIpc) is 3.06. The molecule has 1 aliphatic heterocycles. The van der Waals surface area contributed by atoms with Crippen LogP contribution in [-0.2, 0) is 10.0 Å². The minimum absolute atomic E-state index is 0.240. The summed E-state index contributed by atoms with van der Waals surface area (Å²) in [4.78, 5) is 10.2. The van der Waals surface area contributed by atoms with Crippen molar-refractivity contribution in [1.82, 2.24) is 4.31 Å². The topological polar surface area (TPSA) is 107 Å². The van der Waals surface area contributed by atoms with Crippen LogP contribution in [0, 0.1) is 16.0 Å². The molecular weight excluding hydrogens is 294 g/mol. The highest BCUT2D eigenvalue weighted by atomic mass is 32.2. The standard InChI is InChI=1S/C13H17N3O4S/c14-9-13-6-5-10(7-13)8-15(13)21(19,20)12-4-2-1-3-11(12)16(17)18/h1-4,10H,5-9,14H2. The Morgan fingerprint density at radius 1 is 1.43 bits per heavy atom. The van der Waals surface area contributed by atoms with Crippen molar-refractivity contribution < 1.29 is 13.3 Å². The summed E-state index contributed by atoms with van der Waals surface area (Å²) in [7, 11) is -3.90. The van der Waals surface area contributed by atoms with Crippen molar-refractivity contribution in [3.63, 3.8) is 0 Å². The molecular formula is C13H17N3O4S. The number of nitro benzene ring substituents is 1. The fourth-order valence-electron chi connectivity index (χ4n) is 3.61. The molecule has 2 atom stereocenters. The molecule has 2 unspecified atom stereocenters. The number of nitrogens with two attached hydrogens (primary N) is 1. The van der Waals surface area contributed by atoms with Gasteiger partial charge in [-0.05, 0) is 31.2 Å². The van der Waals surface area contributed by atoms with Gasteiger partial charge in [-0.1, -0.05) is 12.1 Å². The van der Waals surface area contributed by atoms with Gasteiger partial charge >= 0.3 is 0 Å². The van der Waals surface area contributed by atoms with E-state index in [1.807, 2.05) is 0 Å². The first-order chi connectivity index (χ1) is 9.90. The largest absolute Gasteiger partial charge is 0.329 e. The van der Waals surface area contributed by atoms with Gasteiger partial charge in [0.2, 0.25) is 10.0 Å². The maximum absolute atomic E-state index is 12.9. The average molecular weight is 311 g/mol. The minimum Gasteiger partial charge on any atom is -0.329 e. The van der Waals surface area contributed by atoms with Crippen LogP contribution < -0.4 is 5.73 Å². The predicted octanol–water partition coefficient (Wildman–Crippen LogP) is 1.10. The Labute approximate surface area is 122 Å². The summed E-state index contributed by atoms with van der Waals surface area (Å²) in [6, 6.07) is 5.48. The number of fused-ring (bicyclic) bond motifs is 2. The molecule has 8 heteroatoms. The summed E-state index contributed by atoms with van der Waals surface area (Å²) in [6.07, 6.45) is 2.46. The van der Waals surface area contributed by atoms with E-state index in [-0.39, 0.29) is 17.1 Å². The third-order valence-electron chi connectivity index (χ3n) is 4.65. The van der Waals surface area contributed by atoms with E-state index in [1.165, 1.54) is 28.6 Å². The quantitative estimate of drug-likeness (QED) is 0.662.